The van der Waals surface area contributed by atoms with Crippen LogP contribution in [0.15, 0.2) is 28.8 Å². The van der Waals surface area contributed by atoms with E-state index in [1.54, 1.807) is 18.2 Å². The number of rotatable bonds is 5. The topological polar surface area (TPSA) is 85.3 Å². The van der Waals surface area contributed by atoms with Crippen LogP contribution in [0.2, 0.25) is 0 Å². The average molecular weight is 318 g/mol. The predicted octanol–water partition coefficient (Wildman–Crippen LogP) is 3.47. The summed E-state index contributed by atoms with van der Waals surface area (Å²) in [6, 6.07) is 6.59. The minimum absolute atomic E-state index is 0.118. The number of nitrogens with zero attached hydrogens (tertiary/aromatic N) is 4. The first-order valence-corrected chi connectivity index (χ1v) is 7.46. The number of para-hydroxylation sites is 1. The molecule has 0 aliphatic rings. The minimum Gasteiger partial charge on any atom is -0.338 e. The van der Waals surface area contributed by atoms with Gasteiger partial charge in [0.25, 0.3) is 5.69 Å². The molecule has 124 valence electrons. The monoisotopic (exact) mass is 318 g/mol. The van der Waals surface area contributed by atoms with Crippen LogP contribution >= 0.6 is 0 Å². The van der Waals surface area contributed by atoms with Gasteiger partial charge >= 0.3 is 0 Å². The van der Waals surface area contributed by atoms with Crippen molar-refractivity contribution in [1.29, 1.82) is 0 Å². The molecule has 0 bridgehead atoms. The zero-order chi connectivity index (χ0) is 17.2. The third-order valence-electron chi connectivity index (χ3n) is 3.74. The number of hydrogen-bond donors (Lipinski definition) is 0. The summed E-state index contributed by atoms with van der Waals surface area (Å²) in [4.78, 5) is 17.1. The summed E-state index contributed by atoms with van der Waals surface area (Å²) in [5.41, 5.74) is 0.591. The maximum atomic E-state index is 11.1. The van der Waals surface area contributed by atoms with E-state index in [0.717, 1.165) is 0 Å². The molecule has 0 aliphatic heterocycles. The van der Waals surface area contributed by atoms with Crippen molar-refractivity contribution in [3.63, 3.8) is 0 Å². The van der Waals surface area contributed by atoms with Crippen LogP contribution in [-0.2, 0) is 12.0 Å². The van der Waals surface area contributed by atoms with E-state index in [-0.39, 0.29) is 22.1 Å². The summed E-state index contributed by atoms with van der Waals surface area (Å²) in [5, 5.41) is 15.1. The van der Waals surface area contributed by atoms with E-state index in [1.165, 1.54) is 6.07 Å². The molecular weight excluding hydrogens is 296 g/mol. The van der Waals surface area contributed by atoms with Gasteiger partial charge < -0.3 is 4.52 Å². The van der Waals surface area contributed by atoms with Crippen LogP contribution in [0.3, 0.4) is 0 Å². The van der Waals surface area contributed by atoms with Crippen LogP contribution in [-0.4, -0.2) is 27.0 Å². The van der Waals surface area contributed by atoms with Gasteiger partial charge in [-0.05, 0) is 14.0 Å². The Morgan fingerprint density at radius 2 is 2.00 bits per heavy atom. The van der Waals surface area contributed by atoms with Crippen molar-refractivity contribution in [2.45, 2.75) is 45.7 Å². The van der Waals surface area contributed by atoms with E-state index >= 15 is 0 Å². The van der Waals surface area contributed by atoms with Crippen molar-refractivity contribution in [1.82, 2.24) is 15.0 Å². The standard InChI is InChI=1S/C16H22N4O3/c1-11(14-17-15(18-23-14)16(2,3)4)19(5)10-12-8-6-7-9-13(12)20(21)22/h6-9,11H,10H2,1-5H3. The molecule has 0 saturated carbocycles. The molecule has 1 aromatic heterocycles. The molecule has 0 radical (unpaired) electrons. The largest absolute Gasteiger partial charge is 0.338 e. The van der Waals surface area contributed by atoms with Gasteiger partial charge in [0.2, 0.25) is 5.89 Å². The molecule has 2 rings (SSSR count). The smallest absolute Gasteiger partial charge is 0.273 e. The zero-order valence-corrected chi connectivity index (χ0v) is 14.1. The van der Waals surface area contributed by atoms with Crippen molar-refractivity contribution in [2.75, 3.05) is 7.05 Å². The number of nitro groups is 1. The number of aromatic nitrogens is 2. The first kappa shape index (κ1) is 17.1. The van der Waals surface area contributed by atoms with Gasteiger partial charge in [0.05, 0.1) is 11.0 Å². The number of nitro benzene ring substituents is 1. The first-order chi connectivity index (χ1) is 10.7. The van der Waals surface area contributed by atoms with Gasteiger partial charge in [0.1, 0.15) is 0 Å². The van der Waals surface area contributed by atoms with Gasteiger partial charge in [-0.1, -0.05) is 44.1 Å². The van der Waals surface area contributed by atoms with E-state index < -0.39 is 0 Å². The maximum absolute atomic E-state index is 11.1. The summed E-state index contributed by atoms with van der Waals surface area (Å²) < 4.78 is 5.35. The van der Waals surface area contributed by atoms with Gasteiger partial charge in [-0.15, -0.1) is 0 Å². The molecule has 0 N–H and O–H groups in total. The second-order valence-corrected chi connectivity index (χ2v) is 6.68. The quantitative estimate of drug-likeness (QED) is 0.620. The lowest BCUT2D eigenvalue weighted by atomic mass is 9.96. The second-order valence-electron chi connectivity index (χ2n) is 6.68. The van der Waals surface area contributed by atoms with Crippen LogP contribution in [0.25, 0.3) is 0 Å². The molecule has 1 aromatic carbocycles. The van der Waals surface area contributed by atoms with E-state index in [1.807, 2.05) is 39.6 Å². The van der Waals surface area contributed by atoms with E-state index in [4.69, 9.17) is 4.52 Å². The Morgan fingerprint density at radius 1 is 1.35 bits per heavy atom. The normalized spacial score (nSPS) is 13.3. The molecule has 1 unspecified atom stereocenters. The highest BCUT2D eigenvalue weighted by molar-refractivity contribution is 5.39. The van der Waals surface area contributed by atoms with E-state index in [2.05, 4.69) is 10.1 Å². The summed E-state index contributed by atoms with van der Waals surface area (Å²) in [5.74, 6) is 1.16. The lowest BCUT2D eigenvalue weighted by Gasteiger charge is -2.21. The SMILES string of the molecule is CC(c1nc(C(C)(C)C)no1)N(C)Cc1ccccc1[N+](=O)[O-]. The van der Waals surface area contributed by atoms with Gasteiger partial charge in [0.15, 0.2) is 5.82 Å². The van der Waals surface area contributed by atoms with Gasteiger partial charge in [-0.3, -0.25) is 15.0 Å². The van der Waals surface area contributed by atoms with Crippen molar-refractivity contribution < 1.29 is 9.45 Å². The van der Waals surface area contributed by atoms with Gasteiger partial charge in [0, 0.05) is 23.6 Å². The molecule has 1 atom stereocenters. The summed E-state index contributed by atoms with van der Waals surface area (Å²) in [6.07, 6.45) is 0. The third-order valence-corrected chi connectivity index (χ3v) is 3.74. The summed E-state index contributed by atoms with van der Waals surface area (Å²) in [7, 11) is 1.88. The number of hydrogen-bond acceptors (Lipinski definition) is 6. The highest BCUT2D eigenvalue weighted by Gasteiger charge is 2.25. The maximum Gasteiger partial charge on any atom is 0.273 e. The fourth-order valence-electron chi connectivity index (χ4n) is 2.13. The minimum atomic E-state index is -0.363. The van der Waals surface area contributed by atoms with Crippen molar-refractivity contribution in [2.24, 2.45) is 0 Å². The Balaban J connectivity index is 2.16. The molecule has 0 aliphatic carbocycles. The van der Waals surface area contributed by atoms with Gasteiger partial charge in [-0.2, -0.15) is 4.98 Å². The van der Waals surface area contributed by atoms with Crippen LogP contribution in [0.5, 0.6) is 0 Å². The average Bonchev–Trinajstić information content (AvgIpc) is 2.96. The highest BCUT2D eigenvalue weighted by Crippen LogP contribution is 2.26. The molecule has 0 amide bonds. The first-order valence-electron chi connectivity index (χ1n) is 7.46. The summed E-state index contributed by atoms with van der Waals surface area (Å²) >= 11 is 0. The van der Waals surface area contributed by atoms with Crippen molar-refractivity contribution >= 4 is 5.69 Å². The molecule has 1 heterocycles. The van der Waals surface area contributed by atoms with Crippen molar-refractivity contribution in [3.05, 3.63) is 51.7 Å². The van der Waals surface area contributed by atoms with Crippen LogP contribution in [0, 0.1) is 10.1 Å². The van der Waals surface area contributed by atoms with Crippen molar-refractivity contribution in [3.8, 4) is 0 Å². The van der Waals surface area contributed by atoms with Crippen LogP contribution in [0.1, 0.15) is 51.0 Å². The molecule has 2 aromatic rings. The Bertz CT molecular complexity index is 691. The Morgan fingerprint density at radius 3 is 2.57 bits per heavy atom. The molecule has 7 nitrogen and oxygen atoms in total. The van der Waals surface area contributed by atoms with E-state index in [0.29, 0.717) is 23.8 Å². The third kappa shape index (κ3) is 3.92. The molecule has 7 heteroatoms. The molecular formula is C16H22N4O3. The second kappa shape index (κ2) is 6.45. The molecule has 23 heavy (non-hydrogen) atoms. The Hall–Kier alpha value is -2.28. The molecule has 0 saturated heterocycles. The van der Waals surface area contributed by atoms with Crippen LogP contribution in [0.4, 0.5) is 5.69 Å². The highest BCUT2D eigenvalue weighted by atomic mass is 16.6. The number of benzene rings is 1. The molecule has 0 fully saturated rings. The Kier molecular flexibility index (Phi) is 4.79. The van der Waals surface area contributed by atoms with E-state index in [9.17, 15) is 10.1 Å². The molecule has 0 spiro atoms. The fourth-order valence-corrected chi connectivity index (χ4v) is 2.13. The lowest BCUT2D eigenvalue weighted by molar-refractivity contribution is -0.385. The van der Waals surface area contributed by atoms with Gasteiger partial charge in [-0.25, -0.2) is 0 Å². The fraction of sp³-hybridized carbons (Fsp3) is 0.500. The zero-order valence-electron chi connectivity index (χ0n) is 14.1. The predicted molar refractivity (Wildman–Crippen MR) is 86.0 cm³/mol. The Labute approximate surface area is 135 Å². The summed E-state index contributed by atoms with van der Waals surface area (Å²) in [6.45, 7) is 8.41. The van der Waals surface area contributed by atoms with Crippen LogP contribution < -0.4 is 0 Å². The lowest BCUT2D eigenvalue weighted by Crippen LogP contribution is -2.23.